The fourth-order valence-electron chi connectivity index (χ4n) is 3.90. The zero-order valence-corrected chi connectivity index (χ0v) is 19.2. The summed E-state index contributed by atoms with van der Waals surface area (Å²) in [6, 6.07) is 11.0. The van der Waals surface area contributed by atoms with E-state index in [2.05, 4.69) is 20.3 Å². The van der Waals surface area contributed by atoms with Crippen molar-refractivity contribution in [2.75, 3.05) is 49.0 Å². The number of benzene rings is 2. The second-order valence-corrected chi connectivity index (χ2v) is 9.99. The molecule has 32 heavy (non-hydrogen) atoms. The maximum Gasteiger partial charge on any atom is 0.261 e. The number of carbonyl (C=O) groups is 1. The molecule has 2 aromatic carbocycles. The number of nitrogens with one attached hydrogen (secondary N) is 3. The van der Waals surface area contributed by atoms with Crippen LogP contribution >= 0.6 is 11.6 Å². The molecule has 4 rings (SSSR count). The molecule has 3 N–H and O–H groups in total. The number of anilines is 2. The molecule has 0 aromatic heterocycles. The molecule has 0 aliphatic carbocycles. The lowest BCUT2D eigenvalue weighted by Crippen LogP contribution is -2.44. The zero-order valence-electron chi connectivity index (χ0n) is 17.6. The highest BCUT2D eigenvalue weighted by Gasteiger charge is 2.23. The first kappa shape index (κ1) is 22.8. The quantitative estimate of drug-likeness (QED) is 0.565. The normalized spacial score (nSPS) is 19.0. The highest BCUT2D eigenvalue weighted by Crippen LogP contribution is 2.27. The molecule has 172 valence electrons. The summed E-state index contributed by atoms with van der Waals surface area (Å²) in [6.07, 6.45) is 1.94. The Morgan fingerprint density at radius 3 is 2.59 bits per heavy atom. The van der Waals surface area contributed by atoms with Crippen molar-refractivity contribution in [2.24, 2.45) is 0 Å². The number of piperazine rings is 1. The molecule has 1 amide bonds. The van der Waals surface area contributed by atoms with Crippen molar-refractivity contribution in [3.05, 3.63) is 53.1 Å². The Hall–Kier alpha value is -2.33. The first-order valence-electron chi connectivity index (χ1n) is 10.7. The van der Waals surface area contributed by atoms with Crippen LogP contribution in [0, 0.1) is 0 Å². The van der Waals surface area contributed by atoms with Gasteiger partial charge in [0.2, 0.25) is 0 Å². The second kappa shape index (κ2) is 10.1. The highest BCUT2D eigenvalue weighted by atomic mass is 35.5. The topological polar surface area (TPSA) is 99.8 Å². The molecule has 2 fully saturated rings. The van der Waals surface area contributed by atoms with Crippen LogP contribution < -0.4 is 20.3 Å². The Kier molecular flexibility index (Phi) is 7.20. The predicted octanol–water partition coefficient (Wildman–Crippen LogP) is 2.46. The average Bonchev–Trinajstić information content (AvgIpc) is 3.32. The third-order valence-electron chi connectivity index (χ3n) is 5.59. The lowest BCUT2D eigenvalue weighted by atomic mass is 10.1. The van der Waals surface area contributed by atoms with Crippen LogP contribution in [0.2, 0.25) is 5.02 Å². The van der Waals surface area contributed by atoms with Gasteiger partial charge in [0.1, 0.15) is 0 Å². The van der Waals surface area contributed by atoms with E-state index in [1.165, 1.54) is 24.3 Å². The summed E-state index contributed by atoms with van der Waals surface area (Å²) in [5.41, 5.74) is 1.54. The lowest BCUT2D eigenvalue weighted by Gasteiger charge is -2.31. The van der Waals surface area contributed by atoms with Crippen LogP contribution in [0.1, 0.15) is 23.2 Å². The Morgan fingerprint density at radius 2 is 1.91 bits per heavy atom. The molecular formula is C22H27ClN4O4S. The van der Waals surface area contributed by atoms with Gasteiger partial charge in [0.25, 0.3) is 15.9 Å². The molecule has 0 unspecified atom stereocenters. The van der Waals surface area contributed by atoms with Gasteiger partial charge in [-0.05, 0) is 55.3 Å². The van der Waals surface area contributed by atoms with Crippen LogP contribution in [0.15, 0.2) is 47.4 Å². The van der Waals surface area contributed by atoms with Crippen LogP contribution in [0.3, 0.4) is 0 Å². The minimum atomic E-state index is -3.82. The van der Waals surface area contributed by atoms with Gasteiger partial charge in [-0.1, -0.05) is 11.6 Å². The first-order chi connectivity index (χ1) is 15.4. The summed E-state index contributed by atoms with van der Waals surface area (Å²) < 4.78 is 33.7. The summed E-state index contributed by atoms with van der Waals surface area (Å²) >= 11 is 5.87. The van der Waals surface area contributed by atoms with Gasteiger partial charge in [-0.25, -0.2) is 8.42 Å². The highest BCUT2D eigenvalue weighted by molar-refractivity contribution is 7.92. The van der Waals surface area contributed by atoms with Crippen molar-refractivity contribution in [2.45, 2.75) is 23.8 Å². The summed E-state index contributed by atoms with van der Waals surface area (Å²) in [5.74, 6) is -0.249. The van der Waals surface area contributed by atoms with E-state index in [1.54, 1.807) is 18.2 Å². The second-order valence-electron chi connectivity index (χ2n) is 7.87. The smallest absolute Gasteiger partial charge is 0.261 e. The molecule has 0 spiro atoms. The van der Waals surface area contributed by atoms with Gasteiger partial charge in [0.05, 0.1) is 16.6 Å². The minimum absolute atomic E-state index is 0.0215. The fourth-order valence-corrected chi connectivity index (χ4v) is 5.07. The molecule has 2 aliphatic rings. The maximum absolute atomic E-state index is 13.1. The Bertz CT molecular complexity index is 1050. The van der Waals surface area contributed by atoms with E-state index in [0.717, 1.165) is 44.7 Å². The lowest BCUT2D eigenvalue weighted by molar-refractivity contribution is 0.0858. The molecule has 8 nitrogen and oxygen atoms in total. The SMILES string of the molecule is O=C(NC[C@H]1CCCO1)c1cc(NS(=O)(=O)c2ccc(Cl)cc2)ccc1N1CCNCC1. The third-order valence-corrected chi connectivity index (χ3v) is 7.24. The van der Waals surface area contributed by atoms with Crippen LogP contribution in [0.4, 0.5) is 11.4 Å². The van der Waals surface area contributed by atoms with Crippen molar-refractivity contribution < 1.29 is 17.9 Å². The molecule has 10 heteroatoms. The van der Waals surface area contributed by atoms with E-state index in [9.17, 15) is 13.2 Å². The number of sulfonamides is 1. The number of hydrogen-bond acceptors (Lipinski definition) is 6. The van der Waals surface area contributed by atoms with Gasteiger partial charge in [-0.15, -0.1) is 0 Å². The molecule has 0 bridgehead atoms. The number of halogens is 1. The molecule has 2 heterocycles. The van der Waals surface area contributed by atoms with Crippen LogP contribution in [-0.2, 0) is 14.8 Å². The Morgan fingerprint density at radius 1 is 1.16 bits per heavy atom. The van der Waals surface area contributed by atoms with E-state index >= 15 is 0 Å². The number of amides is 1. The van der Waals surface area contributed by atoms with E-state index in [-0.39, 0.29) is 16.9 Å². The molecule has 2 aromatic rings. The summed E-state index contributed by atoms with van der Waals surface area (Å²) in [7, 11) is -3.82. The van der Waals surface area contributed by atoms with E-state index in [4.69, 9.17) is 16.3 Å². The monoisotopic (exact) mass is 478 g/mol. The van der Waals surface area contributed by atoms with Crippen LogP contribution in [0.25, 0.3) is 0 Å². The first-order valence-corrected chi connectivity index (χ1v) is 12.6. The number of nitrogens with zero attached hydrogens (tertiary/aromatic N) is 1. The minimum Gasteiger partial charge on any atom is -0.376 e. The molecule has 2 saturated heterocycles. The number of rotatable bonds is 7. The predicted molar refractivity (Wildman–Crippen MR) is 125 cm³/mol. The Balaban J connectivity index is 1.58. The van der Waals surface area contributed by atoms with Gasteiger partial charge in [-0.3, -0.25) is 9.52 Å². The van der Waals surface area contributed by atoms with E-state index in [1.807, 2.05) is 0 Å². The number of hydrogen-bond donors (Lipinski definition) is 3. The van der Waals surface area contributed by atoms with Gasteiger partial charge in [0, 0.05) is 55.7 Å². The van der Waals surface area contributed by atoms with Gasteiger partial charge >= 0.3 is 0 Å². The van der Waals surface area contributed by atoms with Gasteiger partial charge in [0.15, 0.2) is 0 Å². The Labute approximate surface area is 193 Å². The largest absolute Gasteiger partial charge is 0.376 e. The maximum atomic E-state index is 13.1. The zero-order chi connectivity index (χ0) is 22.6. The molecule has 2 aliphatic heterocycles. The third kappa shape index (κ3) is 5.53. The van der Waals surface area contributed by atoms with Gasteiger partial charge in [-0.2, -0.15) is 0 Å². The van der Waals surface area contributed by atoms with Crippen molar-refractivity contribution in [3.8, 4) is 0 Å². The summed E-state index contributed by atoms with van der Waals surface area (Å²) in [5, 5.41) is 6.70. The number of carbonyl (C=O) groups excluding carboxylic acids is 1. The molecule has 0 saturated carbocycles. The van der Waals surface area contributed by atoms with Crippen LogP contribution in [-0.4, -0.2) is 59.8 Å². The van der Waals surface area contributed by atoms with E-state index in [0.29, 0.717) is 29.4 Å². The van der Waals surface area contributed by atoms with Crippen molar-refractivity contribution in [1.29, 1.82) is 0 Å². The molecule has 0 radical (unpaired) electrons. The van der Waals surface area contributed by atoms with Crippen molar-refractivity contribution in [1.82, 2.24) is 10.6 Å². The van der Waals surface area contributed by atoms with Crippen molar-refractivity contribution >= 4 is 38.9 Å². The standard InChI is InChI=1S/C22H27ClN4O4S/c23-16-3-6-19(7-4-16)32(29,30)26-17-5-8-21(27-11-9-24-10-12-27)20(14-17)22(28)25-15-18-2-1-13-31-18/h3-8,14,18,24,26H,1-2,9-13,15H2,(H,25,28)/t18-/m1/s1. The van der Waals surface area contributed by atoms with E-state index < -0.39 is 10.0 Å². The average molecular weight is 479 g/mol. The summed E-state index contributed by atoms with van der Waals surface area (Å²) in [6.45, 7) is 4.32. The van der Waals surface area contributed by atoms with Crippen molar-refractivity contribution in [3.63, 3.8) is 0 Å². The van der Waals surface area contributed by atoms with Gasteiger partial charge < -0.3 is 20.3 Å². The van der Waals surface area contributed by atoms with Crippen LogP contribution in [0.5, 0.6) is 0 Å². The number of ether oxygens (including phenoxy) is 1. The summed E-state index contributed by atoms with van der Waals surface area (Å²) in [4.78, 5) is 15.3. The molecule has 1 atom stereocenters. The molecular weight excluding hydrogens is 452 g/mol. The fraction of sp³-hybridized carbons (Fsp3) is 0.409.